The second-order valence-electron chi connectivity index (χ2n) is 6.25. The highest BCUT2D eigenvalue weighted by Crippen LogP contribution is 2.27. The molecular weight excluding hydrogens is 344 g/mol. The molecule has 0 spiro atoms. The van der Waals surface area contributed by atoms with Gasteiger partial charge in [-0.3, -0.25) is 0 Å². The number of carbonyl (C=O) groups excluding carboxylic acids is 1. The van der Waals surface area contributed by atoms with Crippen molar-refractivity contribution in [1.82, 2.24) is 10.6 Å². The lowest BCUT2D eigenvalue weighted by molar-refractivity contribution is 0.236. The van der Waals surface area contributed by atoms with E-state index >= 15 is 0 Å². The van der Waals surface area contributed by atoms with E-state index in [0.717, 1.165) is 22.3 Å². The van der Waals surface area contributed by atoms with Gasteiger partial charge in [-0.25, -0.2) is 4.79 Å². The number of rotatable bonds is 7. The van der Waals surface area contributed by atoms with Gasteiger partial charge >= 0.3 is 6.03 Å². The van der Waals surface area contributed by atoms with E-state index in [-0.39, 0.29) is 12.1 Å². The number of amides is 2. The molecule has 0 saturated carbocycles. The van der Waals surface area contributed by atoms with Gasteiger partial charge in [0.2, 0.25) is 0 Å². The molecule has 0 bridgehead atoms. The Balaban J connectivity index is 1.50. The van der Waals surface area contributed by atoms with Crippen LogP contribution >= 0.6 is 0 Å². The van der Waals surface area contributed by atoms with E-state index in [1.165, 1.54) is 0 Å². The first-order valence-electron chi connectivity index (χ1n) is 8.84. The summed E-state index contributed by atoms with van der Waals surface area (Å²) < 4.78 is 16.3. The summed E-state index contributed by atoms with van der Waals surface area (Å²) in [6.07, 6.45) is 0.687. The van der Waals surface area contributed by atoms with Crippen molar-refractivity contribution < 1.29 is 18.7 Å². The molecule has 2 N–H and O–H groups in total. The molecule has 3 rings (SSSR count). The minimum absolute atomic E-state index is 0.224. The molecule has 0 saturated heterocycles. The fraction of sp³-hybridized carbons (Fsp3) is 0.286. The number of para-hydroxylation sites is 1. The Hall–Kier alpha value is -3.15. The number of furan rings is 1. The van der Waals surface area contributed by atoms with E-state index in [4.69, 9.17) is 13.9 Å². The van der Waals surface area contributed by atoms with Gasteiger partial charge in [0.1, 0.15) is 11.3 Å². The molecule has 1 heterocycles. The fourth-order valence-corrected chi connectivity index (χ4v) is 2.89. The van der Waals surface area contributed by atoms with Gasteiger partial charge in [0.05, 0.1) is 20.3 Å². The summed E-state index contributed by atoms with van der Waals surface area (Å²) in [5.41, 5.74) is 1.87. The van der Waals surface area contributed by atoms with Crippen LogP contribution in [0.3, 0.4) is 0 Å². The Labute approximate surface area is 158 Å². The molecule has 0 aliphatic rings. The van der Waals surface area contributed by atoms with Gasteiger partial charge in [0.15, 0.2) is 11.5 Å². The minimum atomic E-state index is -0.233. The maximum Gasteiger partial charge on any atom is 0.315 e. The zero-order valence-electron chi connectivity index (χ0n) is 15.7. The molecule has 1 aromatic heterocycles. The van der Waals surface area contributed by atoms with Crippen molar-refractivity contribution in [1.29, 1.82) is 0 Å². The van der Waals surface area contributed by atoms with Crippen LogP contribution < -0.4 is 20.1 Å². The lowest BCUT2D eigenvalue weighted by Gasteiger charge is -2.13. The molecule has 0 radical (unpaired) electrons. The van der Waals surface area contributed by atoms with Crippen LogP contribution in [0.1, 0.15) is 24.3 Å². The topological polar surface area (TPSA) is 72.7 Å². The Bertz CT molecular complexity index is 886. The summed E-state index contributed by atoms with van der Waals surface area (Å²) in [5.74, 6) is 2.09. The number of ether oxygens (including phenoxy) is 2. The number of nitrogens with one attached hydrogen (secondary N) is 2. The van der Waals surface area contributed by atoms with Crippen LogP contribution in [0, 0.1) is 0 Å². The van der Waals surface area contributed by atoms with Crippen LogP contribution in [0.25, 0.3) is 11.0 Å². The van der Waals surface area contributed by atoms with Crippen LogP contribution in [-0.2, 0) is 6.42 Å². The monoisotopic (exact) mass is 368 g/mol. The average molecular weight is 368 g/mol. The predicted octanol–water partition coefficient (Wildman–Crippen LogP) is 4.05. The van der Waals surface area contributed by atoms with Crippen LogP contribution in [0.2, 0.25) is 0 Å². The Morgan fingerprint density at radius 2 is 1.85 bits per heavy atom. The highest BCUT2D eigenvalue weighted by molar-refractivity contribution is 5.78. The second-order valence-corrected chi connectivity index (χ2v) is 6.25. The number of carbonyl (C=O) groups is 1. The van der Waals surface area contributed by atoms with Gasteiger partial charge in [0.25, 0.3) is 0 Å². The molecule has 2 amide bonds. The predicted molar refractivity (Wildman–Crippen MR) is 104 cm³/mol. The van der Waals surface area contributed by atoms with E-state index in [1.807, 2.05) is 55.5 Å². The van der Waals surface area contributed by atoms with E-state index in [0.29, 0.717) is 24.5 Å². The number of fused-ring (bicyclic) bond motifs is 1. The van der Waals surface area contributed by atoms with Crippen molar-refractivity contribution in [2.24, 2.45) is 0 Å². The standard InChI is InChI=1S/C21H24N2O4/c1-14(19-13-16-6-4-5-7-17(16)27-19)23-21(24)22-11-10-15-8-9-18(25-2)20(12-15)26-3/h4-9,12-14H,10-11H2,1-3H3,(H2,22,23,24). The first kappa shape index (κ1) is 18.6. The first-order valence-corrected chi connectivity index (χ1v) is 8.84. The number of benzene rings is 2. The lowest BCUT2D eigenvalue weighted by atomic mass is 10.1. The summed E-state index contributed by atoms with van der Waals surface area (Å²) in [6, 6.07) is 15.0. The quantitative estimate of drug-likeness (QED) is 0.660. The van der Waals surface area contributed by atoms with Crippen LogP contribution in [-0.4, -0.2) is 26.8 Å². The second kappa shape index (κ2) is 8.49. The molecule has 142 valence electrons. The Morgan fingerprint density at radius 3 is 2.59 bits per heavy atom. The number of hydrogen-bond donors (Lipinski definition) is 2. The van der Waals surface area contributed by atoms with Crippen molar-refractivity contribution in [3.63, 3.8) is 0 Å². The summed E-state index contributed by atoms with van der Waals surface area (Å²) >= 11 is 0. The molecule has 6 heteroatoms. The van der Waals surface area contributed by atoms with Crippen molar-refractivity contribution >= 4 is 17.0 Å². The van der Waals surface area contributed by atoms with Crippen LogP contribution in [0.15, 0.2) is 52.9 Å². The normalized spacial score (nSPS) is 11.8. The Morgan fingerprint density at radius 1 is 1.07 bits per heavy atom. The third-order valence-electron chi connectivity index (χ3n) is 4.37. The molecule has 0 aliphatic carbocycles. The summed E-state index contributed by atoms with van der Waals surface area (Å²) in [6.45, 7) is 2.40. The van der Waals surface area contributed by atoms with Crippen LogP contribution in [0.5, 0.6) is 11.5 Å². The maximum absolute atomic E-state index is 12.1. The van der Waals surface area contributed by atoms with Crippen molar-refractivity contribution in [2.45, 2.75) is 19.4 Å². The maximum atomic E-state index is 12.1. The van der Waals surface area contributed by atoms with Crippen molar-refractivity contribution in [3.05, 3.63) is 59.9 Å². The lowest BCUT2D eigenvalue weighted by Crippen LogP contribution is -2.37. The molecule has 1 unspecified atom stereocenters. The average Bonchev–Trinajstić information content (AvgIpc) is 3.12. The zero-order chi connectivity index (χ0) is 19.2. The van der Waals surface area contributed by atoms with Gasteiger partial charge in [-0.1, -0.05) is 24.3 Å². The first-order chi connectivity index (χ1) is 13.1. The van der Waals surface area contributed by atoms with Gasteiger partial charge < -0.3 is 24.5 Å². The molecule has 3 aromatic rings. The van der Waals surface area contributed by atoms with Gasteiger partial charge in [0, 0.05) is 11.9 Å². The van der Waals surface area contributed by atoms with Crippen molar-refractivity contribution in [2.75, 3.05) is 20.8 Å². The van der Waals surface area contributed by atoms with E-state index in [1.54, 1.807) is 14.2 Å². The third kappa shape index (κ3) is 4.53. The largest absolute Gasteiger partial charge is 0.493 e. The zero-order valence-corrected chi connectivity index (χ0v) is 15.7. The molecule has 6 nitrogen and oxygen atoms in total. The highest BCUT2D eigenvalue weighted by atomic mass is 16.5. The van der Waals surface area contributed by atoms with Gasteiger partial charge in [-0.05, 0) is 43.2 Å². The Kier molecular flexibility index (Phi) is 5.86. The minimum Gasteiger partial charge on any atom is -0.493 e. The highest BCUT2D eigenvalue weighted by Gasteiger charge is 2.14. The number of hydrogen-bond acceptors (Lipinski definition) is 4. The van der Waals surface area contributed by atoms with Crippen molar-refractivity contribution in [3.8, 4) is 11.5 Å². The van der Waals surface area contributed by atoms with Gasteiger partial charge in [-0.15, -0.1) is 0 Å². The SMILES string of the molecule is COc1ccc(CCNC(=O)NC(C)c2cc3ccccc3o2)cc1OC. The molecule has 1 atom stereocenters. The van der Waals surface area contributed by atoms with E-state index in [2.05, 4.69) is 10.6 Å². The molecule has 0 aliphatic heterocycles. The van der Waals surface area contributed by atoms with E-state index < -0.39 is 0 Å². The summed E-state index contributed by atoms with van der Waals surface area (Å²) in [7, 11) is 3.21. The summed E-state index contributed by atoms with van der Waals surface area (Å²) in [5, 5.41) is 6.79. The van der Waals surface area contributed by atoms with E-state index in [9.17, 15) is 4.79 Å². The molecule has 2 aromatic carbocycles. The fourth-order valence-electron chi connectivity index (χ4n) is 2.89. The molecule has 27 heavy (non-hydrogen) atoms. The molecular formula is C21H24N2O4. The number of urea groups is 1. The third-order valence-corrected chi connectivity index (χ3v) is 4.37. The summed E-state index contributed by atoms with van der Waals surface area (Å²) in [4.78, 5) is 12.1. The molecule has 0 fully saturated rings. The number of methoxy groups -OCH3 is 2. The van der Waals surface area contributed by atoms with Gasteiger partial charge in [-0.2, -0.15) is 0 Å². The smallest absolute Gasteiger partial charge is 0.315 e. The van der Waals surface area contributed by atoms with Crippen LogP contribution in [0.4, 0.5) is 4.79 Å².